The Kier molecular flexibility index (Phi) is 8.10. The third kappa shape index (κ3) is 5.96. The lowest BCUT2D eigenvalue weighted by atomic mass is 10.2. The summed E-state index contributed by atoms with van der Waals surface area (Å²) in [4.78, 5) is 3.18. The molecule has 0 saturated heterocycles. The van der Waals surface area contributed by atoms with Gasteiger partial charge in [-0.05, 0) is 55.8 Å². The number of thiazole rings is 1. The number of alkyl halides is 1. The van der Waals surface area contributed by atoms with Crippen LogP contribution in [0.15, 0.2) is 74.3 Å². The van der Waals surface area contributed by atoms with Gasteiger partial charge in [0.25, 0.3) is 0 Å². The number of rotatable bonds is 8. The smallest absolute Gasteiger partial charge is 0.210 e. The van der Waals surface area contributed by atoms with Crippen molar-refractivity contribution in [1.29, 1.82) is 0 Å². The van der Waals surface area contributed by atoms with Crippen LogP contribution in [0.25, 0.3) is 0 Å². The molecule has 8 heteroatoms. The second-order valence-corrected chi connectivity index (χ2v) is 8.27. The van der Waals surface area contributed by atoms with Crippen LogP contribution in [-0.4, -0.2) is 29.2 Å². The second-order valence-electron chi connectivity index (χ2n) is 6.64. The van der Waals surface area contributed by atoms with E-state index in [2.05, 4.69) is 65.7 Å². The zero-order valence-corrected chi connectivity index (χ0v) is 19.8. The van der Waals surface area contributed by atoms with Gasteiger partial charge in [-0.25, -0.2) is 0 Å². The molecule has 0 saturated carbocycles. The minimum atomic E-state index is 0.794. The quantitative estimate of drug-likeness (QED) is 0.168. The summed E-state index contributed by atoms with van der Waals surface area (Å²) in [5.41, 5.74) is 4.95. The molecule has 6 nitrogen and oxygen atoms in total. The topological polar surface area (TPSA) is 57.6 Å². The maximum Gasteiger partial charge on any atom is 0.210 e. The van der Waals surface area contributed by atoms with Gasteiger partial charge < -0.3 is 9.47 Å². The highest BCUT2D eigenvalue weighted by Crippen LogP contribution is 2.22. The first-order valence-corrected chi connectivity index (χ1v) is 11.7. The Hall–Kier alpha value is -2.58. The van der Waals surface area contributed by atoms with E-state index in [9.17, 15) is 0 Å². The lowest BCUT2D eigenvalue weighted by Crippen LogP contribution is -2.24. The Morgan fingerprint density at radius 3 is 2.20 bits per heavy atom. The van der Waals surface area contributed by atoms with Crippen LogP contribution in [0, 0.1) is 6.92 Å². The normalized spacial score (nSPS) is 12.3. The molecule has 3 rings (SSSR count). The summed E-state index contributed by atoms with van der Waals surface area (Å²) in [6, 6.07) is 15.9. The van der Waals surface area contributed by atoms with Crippen LogP contribution in [0.5, 0.6) is 0 Å². The van der Waals surface area contributed by atoms with E-state index in [4.69, 9.17) is 0 Å². The summed E-state index contributed by atoms with van der Waals surface area (Å²) < 4.78 is 2.01. The summed E-state index contributed by atoms with van der Waals surface area (Å²) >= 11 is 5.07. The molecule has 0 aliphatic heterocycles. The lowest BCUT2D eigenvalue weighted by molar-refractivity contribution is 0.820. The highest BCUT2D eigenvalue weighted by Gasteiger charge is 2.02. The molecule has 0 aliphatic carbocycles. The first-order valence-electron chi connectivity index (χ1n) is 9.71. The highest BCUT2D eigenvalue weighted by atomic mass is 79.9. The van der Waals surface area contributed by atoms with Crippen molar-refractivity contribution in [3.8, 4) is 0 Å². The third-order valence-electron chi connectivity index (χ3n) is 4.63. The molecule has 0 aliphatic rings. The number of anilines is 1. The molecule has 0 amide bonds. The molecular weight excluding hydrogens is 460 g/mol. The number of aromatic nitrogens is 1. The van der Waals surface area contributed by atoms with Crippen molar-refractivity contribution in [1.82, 2.24) is 4.57 Å². The lowest BCUT2D eigenvalue weighted by Gasteiger charge is -2.21. The van der Waals surface area contributed by atoms with Crippen LogP contribution in [0.4, 0.5) is 17.1 Å². The molecular formula is C22H25BrN6S. The van der Waals surface area contributed by atoms with E-state index in [0.29, 0.717) is 0 Å². The first-order chi connectivity index (χ1) is 14.6. The highest BCUT2D eigenvalue weighted by molar-refractivity contribution is 9.09. The average molecular weight is 485 g/mol. The number of nitrogens with zero attached hydrogens (tertiary/aromatic N) is 6. The van der Waals surface area contributed by atoms with Gasteiger partial charge in [-0.1, -0.05) is 28.1 Å². The van der Waals surface area contributed by atoms with Gasteiger partial charge in [0.05, 0.1) is 17.6 Å². The largest absolute Gasteiger partial charge is 0.371 e. The van der Waals surface area contributed by atoms with Crippen LogP contribution in [-0.2, 0) is 7.05 Å². The predicted molar refractivity (Wildman–Crippen MR) is 130 cm³/mol. The van der Waals surface area contributed by atoms with Crippen LogP contribution >= 0.6 is 27.3 Å². The summed E-state index contributed by atoms with van der Waals surface area (Å²) in [6.07, 6.45) is 1.74. The van der Waals surface area contributed by atoms with Gasteiger partial charge in [0.2, 0.25) is 4.80 Å². The second kappa shape index (κ2) is 11.0. The number of halogens is 1. The van der Waals surface area contributed by atoms with Gasteiger partial charge in [-0.2, -0.15) is 15.3 Å². The van der Waals surface area contributed by atoms with Crippen molar-refractivity contribution >= 4 is 50.5 Å². The fraction of sp³-hybridized carbons (Fsp3) is 0.273. The molecule has 2 aromatic carbocycles. The van der Waals surface area contributed by atoms with Crippen LogP contribution < -0.4 is 9.70 Å². The van der Waals surface area contributed by atoms with E-state index in [-0.39, 0.29) is 0 Å². The number of benzene rings is 2. The number of hydrogen-bond acceptors (Lipinski definition) is 6. The zero-order chi connectivity index (χ0) is 21.3. The van der Waals surface area contributed by atoms with E-state index >= 15 is 0 Å². The van der Waals surface area contributed by atoms with E-state index in [0.717, 1.165) is 40.2 Å². The SMILES string of the molecule is CCN(CCBr)c1ccc(N=Nc2ccc(C=NN=c3scc(C)n3C)cc2)cc1. The van der Waals surface area contributed by atoms with E-state index in [1.54, 1.807) is 17.6 Å². The molecule has 0 spiro atoms. The summed E-state index contributed by atoms with van der Waals surface area (Å²) in [5, 5.41) is 20.1. The van der Waals surface area contributed by atoms with Gasteiger partial charge in [0.1, 0.15) is 0 Å². The number of aryl methyl sites for hydroxylation is 1. The monoisotopic (exact) mass is 484 g/mol. The Balaban J connectivity index is 1.62. The molecule has 0 atom stereocenters. The molecule has 3 aromatic rings. The van der Waals surface area contributed by atoms with Crippen molar-refractivity contribution in [2.45, 2.75) is 13.8 Å². The molecule has 0 radical (unpaired) electrons. The van der Waals surface area contributed by atoms with Gasteiger partial charge >= 0.3 is 0 Å². The van der Waals surface area contributed by atoms with E-state index in [1.807, 2.05) is 54.9 Å². The maximum atomic E-state index is 4.34. The summed E-state index contributed by atoms with van der Waals surface area (Å²) in [7, 11) is 1.98. The first kappa shape index (κ1) is 22.1. The fourth-order valence-corrected chi connectivity index (χ4v) is 3.99. The van der Waals surface area contributed by atoms with Gasteiger partial charge in [-0.15, -0.1) is 16.4 Å². The van der Waals surface area contributed by atoms with Crippen molar-refractivity contribution in [3.05, 3.63) is 70.0 Å². The molecule has 0 bridgehead atoms. The van der Waals surface area contributed by atoms with Crippen LogP contribution in [0.2, 0.25) is 0 Å². The number of azo groups is 1. The van der Waals surface area contributed by atoms with Gasteiger partial charge in [0.15, 0.2) is 0 Å². The molecule has 0 N–H and O–H groups in total. The minimum absolute atomic E-state index is 0.794. The maximum absolute atomic E-state index is 4.34. The molecule has 156 valence electrons. The third-order valence-corrected chi connectivity index (χ3v) is 6.01. The Morgan fingerprint density at radius 2 is 1.67 bits per heavy atom. The average Bonchev–Trinajstić information content (AvgIpc) is 3.09. The standard InChI is InChI=1S/C22H25BrN6S/c1-4-29(14-13-23)21-11-9-20(10-12-21)26-25-19-7-5-18(6-8-19)15-24-27-22-28(3)17(2)16-30-22/h5-12,15-16H,4,13-14H2,1-3H3. The molecule has 1 aromatic heterocycles. The van der Waals surface area contributed by atoms with Crippen LogP contribution in [0.1, 0.15) is 18.2 Å². The van der Waals surface area contributed by atoms with Crippen molar-refractivity contribution < 1.29 is 0 Å². The Bertz CT molecular complexity index is 1060. The molecule has 1 heterocycles. The summed E-state index contributed by atoms with van der Waals surface area (Å²) in [5.74, 6) is 0. The summed E-state index contributed by atoms with van der Waals surface area (Å²) in [6.45, 7) is 6.15. The molecule has 0 fully saturated rings. The van der Waals surface area contributed by atoms with Gasteiger partial charge in [0, 0.05) is 42.2 Å². The fourth-order valence-electron chi connectivity index (χ4n) is 2.73. The van der Waals surface area contributed by atoms with Crippen LogP contribution in [0.3, 0.4) is 0 Å². The Labute approximate surface area is 189 Å². The number of hydrogen-bond donors (Lipinski definition) is 0. The van der Waals surface area contributed by atoms with E-state index < -0.39 is 0 Å². The van der Waals surface area contributed by atoms with Crippen molar-refractivity contribution in [2.75, 3.05) is 23.3 Å². The van der Waals surface area contributed by atoms with Crippen molar-refractivity contribution in [2.24, 2.45) is 27.5 Å². The minimum Gasteiger partial charge on any atom is -0.371 e. The molecule has 30 heavy (non-hydrogen) atoms. The van der Waals surface area contributed by atoms with Crippen molar-refractivity contribution in [3.63, 3.8) is 0 Å². The van der Waals surface area contributed by atoms with Gasteiger partial charge in [-0.3, -0.25) is 0 Å². The Morgan fingerprint density at radius 1 is 1.03 bits per heavy atom. The predicted octanol–water partition coefficient (Wildman–Crippen LogP) is 5.97. The van der Waals surface area contributed by atoms with E-state index in [1.165, 1.54) is 11.4 Å². The molecule has 0 unspecified atom stereocenters. The zero-order valence-electron chi connectivity index (χ0n) is 17.4.